The van der Waals surface area contributed by atoms with E-state index in [1.807, 2.05) is 71.3 Å². The van der Waals surface area contributed by atoms with Crippen LogP contribution in [-0.2, 0) is 24.2 Å². The van der Waals surface area contributed by atoms with Crippen LogP contribution in [0.3, 0.4) is 0 Å². The highest BCUT2D eigenvalue weighted by molar-refractivity contribution is 5.92. The second-order valence-corrected chi connectivity index (χ2v) is 6.82. The van der Waals surface area contributed by atoms with Crippen LogP contribution in [0.15, 0.2) is 78.9 Å². The predicted molar refractivity (Wildman–Crippen MR) is 113 cm³/mol. The highest BCUT2D eigenvalue weighted by Crippen LogP contribution is 2.20. The van der Waals surface area contributed by atoms with Crippen LogP contribution in [0, 0.1) is 0 Å². The number of aryl methyl sites for hydroxylation is 1. The van der Waals surface area contributed by atoms with Gasteiger partial charge in [0.25, 0.3) is 0 Å². The molecule has 0 aliphatic heterocycles. The third-order valence-electron chi connectivity index (χ3n) is 4.91. The lowest BCUT2D eigenvalue weighted by Crippen LogP contribution is -2.21. The summed E-state index contributed by atoms with van der Waals surface area (Å²) in [6, 6.07) is 26.1. The van der Waals surface area contributed by atoms with Crippen molar-refractivity contribution in [3.63, 3.8) is 0 Å². The van der Waals surface area contributed by atoms with Crippen molar-refractivity contribution in [3.8, 4) is 0 Å². The van der Waals surface area contributed by atoms with E-state index in [9.17, 15) is 4.79 Å². The molecule has 0 bridgehead atoms. The minimum absolute atomic E-state index is 0.0432. The molecule has 0 unspecified atom stereocenters. The number of hydrogen-bond donors (Lipinski definition) is 1. The molecule has 4 rings (SSSR count). The van der Waals surface area contributed by atoms with Gasteiger partial charge in [-0.15, -0.1) is 0 Å². The van der Waals surface area contributed by atoms with E-state index < -0.39 is 0 Å². The monoisotopic (exact) mass is 369 g/mol. The molecule has 1 aromatic heterocycles. The number of anilines is 1. The first-order valence-corrected chi connectivity index (χ1v) is 9.60. The van der Waals surface area contributed by atoms with Gasteiger partial charge in [0.1, 0.15) is 12.4 Å². The quantitative estimate of drug-likeness (QED) is 0.529. The maximum Gasteiger partial charge on any atom is 0.244 e. The Bertz CT molecular complexity index is 1100. The molecule has 0 atom stereocenters. The number of aromatic nitrogens is 2. The van der Waals surface area contributed by atoms with Crippen LogP contribution in [0.25, 0.3) is 11.0 Å². The third-order valence-corrected chi connectivity index (χ3v) is 4.91. The molecule has 1 amide bonds. The van der Waals surface area contributed by atoms with Crippen LogP contribution in [0.1, 0.15) is 23.9 Å². The van der Waals surface area contributed by atoms with Gasteiger partial charge >= 0.3 is 0 Å². The number of rotatable bonds is 6. The second kappa shape index (κ2) is 8.09. The van der Waals surface area contributed by atoms with E-state index in [1.165, 1.54) is 5.56 Å². The Morgan fingerprint density at radius 2 is 1.64 bits per heavy atom. The summed E-state index contributed by atoms with van der Waals surface area (Å²) in [5.74, 6) is 0.852. The Kier molecular flexibility index (Phi) is 5.20. The SMILES string of the molecule is CCc1ccccc1NC(=O)Cn1c(Cc2ccccc2)nc2ccccc21. The van der Waals surface area contributed by atoms with Crippen molar-refractivity contribution in [1.82, 2.24) is 9.55 Å². The minimum Gasteiger partial charge on any atom is -0.324 e. The number of fused-ring (bicyclic) bond motifs is 1. The molecule has 3 aromatic carbocycles. The van der Waals surface area contributed by atoms with Gasteiger partial charge in [0, 0.05) is 12.1 Å². The lowest BCUT2D eigenvalue weighted by molar-refractivity contribution is -0.116. The topological polar surface area (TPSA) is 46.9 Å². The molecule has 0 radical (unpaired) electrons. The number of carbonyl (C=O) groups excluding carboxylic acids is 1. The molecule has 0 saturated carbocycles. The molecule has 0 saturated heterocycles. The summed E-state index contributed by atoms with van der Waals surface area (Å²) in [7, 11) is 0. The van der Waals surface area contributed by atoms with E-state index in [2.05, 4.69) is 24.4 Å². The maximum absolute atomic E-state index is 12.8. The normalized spacial score (nSPS) is 10.9. The predicted octanol–water partition coefficient (Wildman–Crippen LogP) is 4.83. The number of nitrogens with zero attached hydrogens (tertiary/aromatic N) is 2. The van der Waals surface area contributed by atoms with Crippen LogP contribution < -0.4 is 5.32 Å². The fraction of sp³-hybridized carbons (Fsp3) is 0.167. The summed E-state index contributed by atoms with van der Waals surface area (Å²) < 4.78 is 2.02. The average molecular weight is 369 g/mol. The fourth-order valence-corrected chi connectivity index (χ4v) is 3.50. The minimum atomic E-state index is -0.0432. The molecule has 140 valence electrons. The molecule has 28 heavy (non-hydrogen) atoms. The van der Waals surface area contributed by atoms with Gasteiger partial charge < -0.3 is 9.88 Å². The molecule has 1 N–H and O–H groups in total. The van der Waals surface area contributed by atoms with E-state index in [-0.39, 0.29) is 12.5 Å². The van der Waals surface area contributed by atoms with Gasteiger partial charge in [-0.1, -0.05) is 67.6 Å². The van der Waals surface area contributed by atoms with Crippen molar-refractivity contribution in [3.05, 3.63) is 95.8 Å². The molecule has 0 spiro atoms. The number of imidazole rings is 1. The molecule has 1 heterocycles. The maximum atomic E-state index is 12.8. The molecule has 4 heteroatoms. The Balaban J connectivity index is 1.63. The molecule has 4 nitrogen and oxygen atoms in total. The number of amides is 1. The second-order valence-electron chi connectivity index (χ2n) is 6.82. The zero-order chi connectivity index (χ0) is 19.3. The van der Waals surface area contributed by atoms with Gasteiger partial charge in [0.15, 0.2) is 0 Å². The number of para-hydroxylation sites is 3. The molecule has 0 aliphatic rings. The highest BCUT2D eigenvalue weighted by Gasteiger charge is 2.14. The zero-order valence-electron chi connectivity index (χ0n) is 15.9. The lowest BCUT2D eigenvalue weighted by Gasteiger charge is -2.12. The lowest BCUT2D eigenvalue weighted by atomic mass is 10.1. The van der Waals surface area contributed by atoms with E-state index in [0.717, 1.165) is 34.5 Å². The zero-order valence-corrected chi connectivity index (χ0v) is 15.9. The van der Waals surface area contributed by atoms with Crippen molar-refractivity contribution in [2.24, 2.45) is 0 Å². The first kappa shape index (κ1) is 18.0. The summed E-state index contributed by atoms with van der Waals surface area (Å²) in [6.45, 7) is 2.33. The van der Waals surface area contributed by atoms with Gasteiger partial charge in [-0.2, -0.15) is 0 Å². The number of benzene rings is 3. The van der Waals surface area contributed by atoms with Crippen LogP contribution >= 0.6 is 0 Å². The molecule has 0 aliphatic carbocycles. The van der Waals surface area contributed by atoms with Crippen LogP contribution in [0.5, 0.6) is 0 Å². The Morgan fingerprint density at radius 1 is 0.929 bits per heavy atom. The largest absolute Gasteiger partial charge is 0.324 e. The molecular weight excluding hydrogens is 346 g/mol. The summed E-state index contributed by atoms with van der Waals surface area (Å²) >= 11 is 0. The molecule has 0 fully saturated rings. The number of hydrogen-bond acceptors (Lipinski definition) is 2. The van der Waals surface area contributed by atoms with Crippen molar-refractivity contribution in [2.75, 3.05) is 5.32 Å². The van der Waals surface area contributed by atoms with Crippen LogP contribution in [-0.4, -0.2) is 15.5 Å². The van der Waals surface area contributed by atoms with Gasteiger partial charge in [0.2, 0.25) is 5.91 Å². The number of carbonyl (C=O) groups is 1. The Labute approximate surface area is 164 Å². The highest BCUT2D eigenvalue weighted by atomic mass is 16.1. The first-order chi connectivity index (χ1) is 13.7. The van der Waals surface area contributed by atoms with E-state index >= 15 is 0 Å². The van der Waals surface area contributed by atoms with E-state index in [1.54, 1.807) is 0 Å². The van der Waals surface area contributed by atoms with Gasteiger partial charge in [-0.25, -0.2) is 4.98 Å². The Hall–Kier alpha value is -3.40. The Morgan fingerprint density at radius 3 is 2.46 bits per heavy atom. The van der Waals surface area contributed by atoms with Gasteiger partial charge in [-0.05, 0) is 35.7 Å². The summed E-state index contributed by atoms with van der Waals surface area (Å²) in [6.07, 6.45) is 1.57. The smallest absolute Gasteiger partial charge is 0.244 e. The van der Waals surface area contributed by atoms with Crippen LogP contribution in [0.2, 0.25) is 0 Å². The summed E-state index contributed by atoms with van der Waals surface area (Å²) in [5.41, 5.74) is 5.08. The van der Waals surface area contributed by atoms with Crippen molar-refractivity contribution in [2.45, 2.75) is 26.3 Å². The van der Waals surface area contributed by atoms with Gasteiger partial charge in [0.05, 0.1) is 11.0 Å². The standard InChI is InChI=1S/C24H23N3O/c1-2-19-12-6-7-13-20(19)26-24(28)17-27-22-15-9-8-14-21(22)25-23(27)16-18-10-4-3-5-11-18/h3-15H,2,16-17H2,1H3,(H,26,28). The van der Waals surface area contributed by atoms with Crippen molar-refractivity contribution >= 4 is 22.6 Å². The van der Waals surface area contributed by atoms with Crippen molar-refractivity contribution < 1.29 is 4.79 Å². The van der Waals surface area contributed by atoms with E-state index in [0.29, 0.717) is 6.42 Å². The first-order valence-electron chi connectivity index (χ1n) is 9.60. The molecule has 4 aromatic rings. The third kappa shape index (κ3) is 3.81. The van der Waals surface area contributed by atoms with Crippen LogP contribution in [0.4, 0.5) is 5.69 Å². The van der Waals surface area contributed by atoms with E-state index in [4.69, 9.17) is 4.98 Å². The van der Waals surface area contributed by atoms with Crippen molar-refractivity contribution in [1.29, 1.82) is 0 Å². The molecular formula is C24H23N3O. The summed E-state index contributed by atoms with van der Waals surface area (Å²) in [5, 5.41) is 3.07. The average Bonchev–Trinajstić information content (AvgIpc) is 3.06. The number of nitrogens with one attached hydrogen (secondary N) is 1. The van der Waals surface area contributed by atoms with Gasteiger partial charge in [-0.3, -0.25) is 4.79 Å². The fourth-order valence-electron chi connectivity index (χ4n) is 3.50. The summed E-state index contributed by atoms with van der Waals surface area (Å²) in [4.78, 5) is 17.6.